The summed E-state index contributed by atoms with van der Waals surface area (Å²) in [5, 5.41) is 3.99. The number of halogens is 2. The van der Waals surface area contributed by atoms with Gasteiger partial charge in [-0.1, -0.05) is 29.3 Å². The number of thioether (sulfide) groups is 1. The molecule has 1 aromatic carbocycles. The zero-order valence-electron chi connectivity index (χ0n) is 11.2. The molecule has 0 aliphatic carbocycles. The summed E-state index contributed by atoms with van der Waals surface area (Å²) in [7, 11) is 0. The van der Waals surface area contributed by atoms with Crippen molar-refractivity contribution < 1.29 is 9.59 Å². The predicted octanol–water partition coefficient (Wildman–Crippen LogP) is 2.68. The summed E-state index contributed by atoms with van der Waals surface area (Å²) in [6.45, 7) is 0.984. The molecule has 21 heavy (non-hydrogen) atoms. The second kappa shape index (κ2) is 5.71. The van der Waals surface area contributed by atoms with Crippen molar-refractivity contribution >= 4 is 46.8 Å². The molecule has 1 atom stereocenters. The molecule has 1 aromatic rings. The molecule has 0 bridgehead atoms. The number of nitrogens with zero attached hydrogens (tertiary/aromatic N) is 1. The Morgan fingerprint density at radius 1 is 1.43 bits per heavy atom. The molecule has 2 fully saturated rings. The van der Waals surface area contributed by atoms with E-state index < -0.39 is 4.87 Å². The summed E-state index contributed by atoms with van der Waals surface area (Å²) in [5.74, 6) is 0.766. The van der Waals surface area contributed by atoms with Gasteiger partial charge in [0, 0.05) is 35.3 Å². The number of carbonyl (C=O) groups excluding carboxylic acids is 2. The largest absolute Gasteiger partial charge is 0.349 e. The highest BCUT2D eigenvalue weighted by molar-refractivity contribution is 8.01. The Bertz CT molecular complexity index is 611. The number of fused-ring (bicyclic) bond motifs is 1. The van der Waals surface area contributed by atoms with Crippen molar-refractivity contribution in [3.05, 3.63) is 33.8 Å². The summed E-state index contributed by atoms with van der Waals surface area (Å²) in [6.07, 6.45) is 1.03. The van der Waals surface area contributed by atoms with Crippen molar-refractivity contribution in [2.45, 2.75) is 24.3 Å². The van der Waals surface area contributed by atoms with E-state index >= 15 is 0 Å². The van der Waals surface area contributed by atoms with Crippen LogP contribution in [-0.2, 0) is 16.1 Å². The van der Waals surface area contributed by atoms with E-state index in [0.717, 1.165) is 11.3 Å². The average Bonchev–Trinajstić information content (AvgIpc) is 3.00. The monoisotopic (exact) mass is 344 g/mol. The van der Waals surface area contributed by atoms with E-state index in [1.54, 1.807) is 34.9 Å². The summed E-state index contributed by atoms with van der Waals surface area (Å²) in [5.41, 5.74) is 0.810. The molecule has 1 N–H and O–H groups in total. The van der Waals surface area contributed by atoms with Gasteiger partial charge in [-0.05, 0) is 24.1 Å². The van der Waals surface area contributed by atoms with Crippen molar-refractivity contribution in [1.29, 1.82) is 0 Å². The van der Waals surface area contributed by atoms with Crippen LogP contribution in [0.2, 0.25) is 10.0 Å². The fraction of sp³-hybridized carbons (Fsp3) is 0.429. The Labute approximate surface area is 137 Å². The molecular weight excluding hydrogens is 331 g/mol. The van der Waals surface area contributed by atoms with Gasteiger partial charge in [0.15, 0.2) is 4.87 Å². The van der Waals surface area contributed by atoms with Gasteiger partial charge in [-0.2, -0.15) is 0 Å². The van der Waals surface area contributed by atoms with Crippen molar-refractivity contribution in [2.24, 2.45) is 0 Å². The van der Waals surface area contributed by atoms with E-state index in [1.807, 2.05) is 0 Å². The highest BCUT2D eigenvalue weighted by atomic mass is 35.5. The molecule has 2 saturated heterocycles. The molecule has 0 radical (unpaired) electrons. The van der Waals surface area contributed by atoms with Crippen LogP contribution in [0.5, 0.6) is 0 Å². The Hall–Kier alpha value is -0.910. The summed E-state index contributed by atoms with van der Waals surface area (Å²) < 4.78 is 0. The van der Waals surface area contributed by atoms with Crippen LogP contribution in [-0.4, -0.2) is 33.9 Å². The first-order valence-electron chi connectivity index (χ1n) is 6.69. The Balaban J connectivity index is 1.71. The minimum Gasteiger partial charge on any atom is -0.349 e. The van der Waals surface area contributed by atoms with E-state index in [9.17, 15) is 9.59 Å². The van der Waals surface area contributed by atoms with Crippen LogP contribution in [0, 0.1) is 0 Å². The van der Waals surface area contributed by atoms with Gasteiger partial charge in [0.05, 0.1) is 0 Å². The molecule has 3 rings (SSSR count). The standard InChI is InChI=1S/C14H14Cl2N2O2S/c15-10-2-1-9(11(16)7-10)8-17-13(20)14-4-3-12(19)18(14)5-6-21-14/h1-2,7H,3-6,8H2,(H,17,20)/t14-/m0/s1. The maximum absolute atomic E-state index is 12.6. The van der Waals surface area contributed by atoms with Gasteiger partial charge in [0.1, 0.15) is 0 Å². The van der Waals surface area contributed by atoms with Crippen LogP contribution < -0.4 is 5.32 Å². The topological polar surface area (TPSA) is 49.4 Å². The predicted molar refractivity (Wildman–Crippen MR) is 84.4 cm³/mol. The third-order valence-electron chi connectivity index (χ3n) is 3.88. The minimum absolute atomic E-state index is 0.0691. The Kier molecular flexibility index (Phi) is 4.08. The smallest absolute Gasteiger partial charge is 0.256 e. The lowest BCUT2D eigenvalue weighted by molar-refractivity contribution is -0.135. The second-order valence-electron chi connectivity index (χ2n) is 5.10. The van der Waals surface area contributed by atoms with Gasteiger partial charge in [-0.25, -0.2) is 0 Å². The fourth-order valence-corrected chi connectivity index (χ4v) is 4.67. The molecular formula is C14H14Cl2N2O2S. The second-order valence-corrected chi connectivity index (χ2v) is 7.31. The fourth-order valence-electron chi connectivity index (χ4n) is 2.79. The number of rotatable bonds is 3. The number of amides is 2. The van der Waals surface area contributed by atoms with Gasteiger partial charge in [0.25, 0.3) is 5.91 Å². The third-order valence-corrected chi connectivity index (χ3v) is 5.94. The molecule has 4 nitrogen and oxygen atoms in total. The molecule has 112 valence electrons. The normalized spacial score (nSPS) is 24.3. The van der Waals surface area contributed by atoms with Crippen LogP contribution >= 0.6 is 35.0 Å². The third kappa shape index (κ3) is 2.62. The summed E-state index contributed by atoms with van der Waals surface area (Å²) in [4.78, 5) is 25.4. The number of hydrogen-bond acceptors (Lipinski definition) is 3. The summed E-state index contributed by atoms with van der Waals surface area (Å²) >= 11 is 13.5. The number of carbonyl (C=O) groups is 2. The first-order chi connectivity index (χ1) is 10.0. The minimum atomic E-state index is -0.712. The number of benzene rings is 1. The van der Waals surface area contributed by atoms with Crippen LogP contribution in [0.1, 0.15) is 18.4 Å². The molecule has 2 aliphatic rings. The van der Waals surface area contributed by atoms with Gasteiger partial charge < -0.3 is 10.2 Å². The van der Waals surface area contributed by atoms with E-state index in [2.05, 4.69) is 5.32 Å². The van der Waals surface area contributed by atoms with E-state index in [0.29, 0.717) is 36.0 Å². The molecule has 2 amide bonds. The first-order valence-corrected chi connectivity index (χ1v) is 8.44. The van der Waals surface area contributed by atoms with Crippen molar-refractivity contribution in [3.8, 4) is 0 Å². The lowest BCUT2D eigenvalue weighted by Gasteiger charge is -2.29. The average molecular weight is 345 g/mol. The maximum atomic E-state index is 12.6. The van der Waals surface area contributed by atoms with Crippen LogP contribution in [0.4, 0.5) is 0 Å². The van der Waals surface area contributed by atoms with Gasteiger partial charge >= 0.3 is 0 Å². The maximum Gasteiger partial charge on any atom is 0.256 e. The highest BCUT2D eigenvalue weighted by Gasteiger charge is 2.54. The Morgan fingerprint density at radius 3 is 3.00 bits per heavy atom. The van der Waals surface area contributed by atoms with Crippen LogP contribution in [0.3, 0.4) is 0 Å². The molecule has 0 aromatic heterocycles. The van der Waals surface area contributed by atoms with E-state index in [4.69, 9.17) is 23.2 Å². The first kappa shape index (κ1) is 15.0. The van der Waals surface area contributed by atoms with Gasteiger partial charge in [0.2, 0.25) is 5.91 Å². The molecule has 2 heterocycles. The number of hydrogen-bond donors (Lipinski definition) is 1. The van der Waals surface area contributed by atoms with Gasteiger partial charge in [-0.3, -0.25) is 9.59 Å². The molecule has 0 unspecified atom stereocenters. The molecule has 2 aliphatic heterocycles. The van der Waals surface area contributed by atoms with Crippen molar-refractivity contribution in [1.82, 2.24) is 10.2 Å². The van der Waals surface area contributed by atoms with Crippen molar-refractivity contribution in [3.63, 3.8) is 0 Å². The lowest BCUT2D eigenvalue weighted by atomic mass is 10.1. The van der Waals surface area contributed by atoms with Crippen LogP contribution in [0.25, 0.3) is 0 Å². The van der Waals surface area contributed by atoms with E-state index in [-0.39, 0.29) is 11.8 Å². The number of nitrogens with one attached hydrogen (secondary N) is 1. The van der Waals surface area contributed by atoms with Crippen LogP contribution in [0.15, 0.2) is 18.2 Å². The van der Waals surface area contributed by atoms with E-state index in [1.165, 1.54) is 0 Å². The molecule has 0 spiro atoms. The zero-order chi connectivity index (χ0) is 15.0. The highest BCUT2D eigenvalue weighted by Crippen LogP contribution is 2.44. The van der Waals surface area contributed by atoms with Crippen molar-refractivity contribution in [2.75, 3.05) is 12.3 Å². The SMILES string of the molecule is O=C1CC[C@@]2(C(=O)NCc3ccc(Cl)cc3Cl)SCCN12. The molecule has 0 saturated carbocycles. The Morgan fingerprint density at radius 2 is 2.24 bits per heavy atom. The zero-order valence-corrected chi connectivity index (χ0v) is 13.5. The summed E-state index contributed by atoms with van der Waals surface area (Å²) in [6, 6.07) is 5.18. The lowest BCUT2D eigenvalue weighted by Crippen LogP contribution is -2.50. The molecule has 7 heteroatoms. The quantitative estimate of drug-likeness (QED) is 0.916. The van der Waals surface area contributed by atoms with Gasteiger partial charge in [-0.15, -0.1) is 11.8 Å².